The lowest BCUT2D eigenvalue weighted by atomic mass is 10.2. The second-order valence-corrected chi connectivity index (χ2v) is 6.53. The molecule has 0 aliphatic carbocycles. The Morgan fingerprint density at radius 3 is 2.62 bits per heavy atom. The first-order chi connectivity index (χ1) is 14.2. The number of para-hydroxylation sites is 1. The minimum atomic E-state index is -0.338. The summed E-state index contributed by atoms with van der Waals surface area (Å²) in [6.45, 7) is 4.61. The number of rotatable bonds is 11. The minimum absolute atomic E-state index is 0.254. The van der Waals surface area contributed by atoms with E-state index in [2.05, 4.69) is 26.2 Å². The van der Waals surface area contributed by atoms with Crippen molar-refractivity contribution in [3.05, 3.63) is 54.1 Å². The van der Waals surface area contributed by atoms with Gasteiger partial charge in [0.2, 0.25) is 0 Å². The van der Waals surface area contributed by atoms with Crippen LogP contribution in [-0.2, 0) is 6.54 Å². The van der Waals surface area contributed by atoms with E-state index in [4.69, 9.17) is 9.47 Å². The molecule has 9 heteroatoms. The molecule has 1 heterocycles. The molecule has 0 spiro atoms. The number of tetrazole rings is 1. The van der Waals surface area contributed by atoms with Crippen molar-refractivity contribution in [3.8, 4) is 23.2 Å². The number of nitrogens with one attached hydrogen (secondary N) is 2. The van der Waals surface area contributed by atoms with E-state index in [9.17, 15) is 5.11 Å². The molecule has 9 nitrogen and oxygen atoms in total. The maximum absolute atomic E-state index is 9.22. The molecule has 0 amide bonds. The Bertz CT molecular complexity index is 885. The summed E-state index contributed by atoms with van der Waals surface area (Å²) in [5, 5.41) is 27.4. The third kappa shape index (κ3) is 5.98. The summed E-state index contributed by atoms with van der Waals surface area (Å²) in [4.78, 5) is 0. The maximum atomic E-state index is 9.22. The van der Waals surface area contributed by atoms with Gasteiger partial charge in [-0.3, -0.25) is 0 Å². The maximum Gasteiger partial charge on any atom is 0.346 e. The van der Waals surface area contributed by atoms with Crippen molar-refractivity contribution in [1.82, 2.24) is 30.8 Å². The standard InChI is InChI=1S/C20H26N6O3/c1-15(27)13-21-10-11-22-14-16-8-9-18(19(12-16)28-2)29-20-23-24-25-26(20)17-6-4-3-5-7-17/h3-9,12,15,21-22,27H,10-11,13-14H2,1-2H3. The first-order valence-corrected chi connectivity index (χ1v) is 9.45. The smallest absolute Gasteiger partial charge is 0.346 e. The summed E-state index contributed by atoms with van der Waals surface area (Å²) < 4.78 is 12.9. The number of methoxy groups -OCH3 is 1. The Morgan fingerprint density at radius 2 is 1.86 bits per heavy atom. The Kier molecular flexibility index (Phi) is 7.51. The van der Waals surface area contributed by atoms with Crippen LogP contribution in [-0.4, -0.2) is 58.2 Å². The number of aliphatic hydroxyl groups excluding tert-OH is 1. The molecule has 154 valence electrons. The summed E-state index contributed by atoms with van der Waals surface area (Å²) in [5.41, 5.74) is 1.86. The van der Waals surface area contributed by atoms with Gasteiger partial charge in [0.25, 0.3) is 0 Å². The minimum Gasteiger partial charge on any atom is -0.493 e. The van der Waals surface area contributed by atoms with Gasteiger partial charge in [-0.25, -0.2) is 0 Å². The number of hydrogen-bond donors (Lipinski definition) is 3. The van der Waals surface area contributed by atoms with Crippen molar-refractivity contribution in [2.75, 3.05) is 26.7 Å². The van der Waals surface area contributed by atoms with Crippen LogP contribution in [0.4, 0.5) is 0 Å². The summed E-state index contributed by atoms with van der Waals surface area (Å²) in [6, 6.07) is 15.5. The van der Waals surface area contributed by atoms with E-state index in [0.29, 0.717) is 24.6 Å². The van der Waals surface area contributed by atoms with Gasteiger partial charge < -0.3 is 25.2 Å². The number of hydrogen-bond acceptors (Lipinski definition) is 8. The second-order valence-electron chi connectivity index (χ2n) is 6.53. The molecule has 1 unspecified atom stereocenters. The molecule has 3 aromatic rings. The van der Waals surface area contributed by atoms with Crippen LogP contribution in [0.3, 0.4) is 0 Å². The van der Waals surface area contributed by atoms with Crippen molar-refractivity contribution < 1.29 is 14.6 Å². The van der Waals surface area contributed by atoms with Gasteiger partial charge in [-0.15, -0.1) is 0 Å². The Morgan fingerprint density at radius 1 is 1.07 bits per heavy atom. The molecule has 0 bridgehead atoms. The first kappa shape index (κ1) is 20.7. The van der Waals surface area contributed by atoms with E-state index in [1.807, 2.05) is 48.5 Å². The highest BCUT2D eigenvalue weighted by Gasteiger charge is 2.14. The van der Waals surface area contributed by atoms with E-state index in [1.165, 1.54) is 4.68 Å². The molecule has 3 rings (SSSR count). The highest BCUT2D eigenvalue weighted by atomic mass is 16.5. The van der Waals surface area contributed by atoms with Gasteiger partial charge in [0.15, 0.2) is 11.5 Å². The average Bonchev–Trinajstić information content (AvgIpc) is 3.20. The van der Waals surface area contributed by atoms with Crippen LogP contribution in [0.5, 0.6) is 17.5 Å². The molecule has 29 heavy (non-hydrogen) atoms. The topological polar surface area (TPSA) is 106 Å². The van der Waals surface area contributed by atoms with Crippen molar-refractivity contribution in [2.45, 2.75) is 19.6 Å². The summed E-state index contributed by atoms with van der Waals surface area (Å²) >= 11 is 0. The van der Waals surface area contributed by atoms with Gasteiger partial charge >= 0.3 is 6.01 Å². The molecule has 0 saturated heterocycles. The monoisotopic (exact) mass is 398 g/mol. The van der Waals surface area contributed by atoms with E-state index in [-0.39, 0.29) is 12.1 Å². The van der Waals surface area contributed by atoms with Gasteiger partial charge in [-0.05, 0) is 47.2 Å². The zero-order chi connectivity index (χ0) is 20.5. The number of aliphatic hydroxyl groups is 1. The van der Waals surface area contributed by atoms with Gasteiger partial charge in [0.1, 0.15) is 0 Å². The lowest BCUT2D eigenvalue weighted by Crippen LogP contribution is -2.31. The van der Waals surface area contributed by atoms with Gasteiger partial charge in [-0.1, -0.05) is 29.4 Å². The van der Waals surface area contributed by atoms with E-state index in [1.54, 1.807) is 14.0 Å². The second kappa shape index (κ2) is 10.5. The van der Waals surface area contributed by atoms with Crippen molar-refractivity contribution in [3.63, 3.8) is 0 Å². The van der Waals surface area contributed by atoms with Crippen LogP contribution in [0, 0.1) is 0 Å². The molecule has 1 aromatic heterocycles. The molecule has 0 fully saturated rings. The van der Waals surface area contributed by atoms with Crippen LogP contribution in [0.25, 0.3) is 5.69 Å². The molecule has 0 aliphatic rings. The predicted octanol–water partition coefficient (Wildman–Crippen LogP) is 1.52. The van der Waals surface area contributed by atoms with Gasteiger partial charge in [0.05, 0.1) is 18.9 Å². The van der Waals surface area contributed by atoms with Crippen LogP contribution < -0.4 is 20.1 Å². The molecule has 0 aliphatic heterocycles. The van der Waals surface area contributed by atoms with Crippen LogP contribution in [0.15, 0.2) is 48.5 Å². The molecule has 0 saturated carbocycles. The summed E-state index contributed by atoms with van der Waals surface area (Å²) in [5.74, 6) is 1.13. The highest BCUT2D eigenvalue weighted by molar-refractivity contribution is 5.44. The van der Waals surface area contributed by atoms with E-state index >= 15 is 0 Å². The van der Waals surface area contributed by atoms with Crippen LogP contribution in [0.2, 0.25) is 0 Å². The lowest BCUT2D eigenvalue weighted by molar-refractivity contribution is 0.191. The van der Waals surface area contributed by atoms with E-state index < -0.39 is 0 Å². The molecule has 1 atom stereocenters. The Balaban J connectivity index is 1.61. The molecule has 0 radical (unpaired) electrons. The quantitative estimate of drug-likeness (QED) is 0.418. The highest BCUT2D eigenvalue weighted by Crippen LogP contribution is 2.32. The Labute approximate surface area is 169 Å². The molecule has 2 aromatic carbocycles. The summed E-state index contributed by atoms with van der Waals surface area (Å²) in [6.07, 6.45) is -0.338. The Hall–Kier alpha value is -3.01. The third-order valence-corrected chi connectivity index (χ3v) is 4.12. The zero-order valence-corrected chi connectivity index (χ0v) is 16.6. The third-order valence-electron chi connectivity index (χ3n) is 4.12. The average molecular weight is 398 g/mol. The number of nitrogens with zero attached hydrogens (tertiary/aromatic N) is 4. The van der Waals surface area contributed by atoms with Gasteiger partial charge in [0, 0.05) is 26.2 Å². The number of benzene rings is 2. The number of ether oxygens (including phenoxy) is 2. The fraction of sp³-hybridized carbons (Fsp3) is 0.350. The molecule has 3 N–H and O–H groups in total. The molecular formula is C20H26N6O3. The van der Waals surface area contributed by atoms with Crippen molar-refractivity contribution >= 4 is 0 Å². The van der Waals surface area contributed by atoms with Crippen LogP contribution >= 0.6 is 0 Å². The summed E-state index contributed by atoms with van der Waals surface area (Å²) in [7, 11) is 1.60. The van der Waals surface area contributed by atoms with Gasteiger partial charge in [-0.2, -0.15) is 4.68 Å². The van der Waals surface area contributed by atoms with Crippen molar-refractivity contribution in [2.24, 2.45) is 0 Å². The first-order valence-electron chi connectivity index (χ1n) is 9.45. The lowest BCUT2D eigenvalue weighted by Gasteiger charge is -2.12. The van der Waals surface area contributed by atoms with Crippen molar-refractivity contribution in [1.29, 1.82) is 0 Å². The zero-order valence-electron chi connectivity index (χ0n) is 16.6. The SMILES string of the molecule is COc1cc(CNCCNCC(C)O)ccc1Oc1nnnn1-c1ccccc1. The largest absolute Gasteiger partial charge is 0.493 e. The fourth-order valence-corrected chi connectivity index (χ4v) is 2.70. The normalized spacial score (nSPS) is 12.0. The predicted molar refractivity (Wildman–Crippen MR) is 108 cm³/mol. The fourth-order valence-electron chi connectivity index (χ4n) is 2.70. The van der Waals surface area contributed by atoms with Crippen LogP contribution in [0.1, 0.15) is 12.5 Å². The van der Waals surface area contributed by atoms with E-state index in [0.717, 1.165) is 24.3 Å². The number of aromatic nitrogens is 4. The molecular weight excluding hydrogens is 372 g/mol.